The van der Waals surface area contributed by atoms with Gasteiger partial charge >= 0.3 is 0 Å². The van der Waals surface area contributed by atoms with Gasteiger partial charge in [-0.3, -0.25) is 0 Å². The van der Waals surface area contributed by atoms with Gasteiger partial charge in [-0.05, 0) is 155 Å². The molecular formula is C60H36. The highest BCUT2D eigenvalue weighted by atomic mass is 14.2. The van der Waals surface area contributed by atoms with Crippen LogP contribution in [0.3, 0.4) is 0 Å². The van der Waals surface area contributed by atoms with Gasteiger partial charge in [0.05, 0.1) is 0 Å². The van der Waals surface area contributed by atoms with Crippen molar-refractivity contribution in [2.75, 3.05) is 0 Å². The molecule has 0 heteroatoms. The van der Waals surface area contributed by atoms with Crippen molar-refractivity contribution in [1.29, 1.82) is 0 Å². The van der Waals surface area contributed by atoms with E-state index < -0.39 is 0 Å². The minimum atomic E-state index is 1.20. The lowest BCUT2D eigenvalue weighted by Gasteiger charge is -2.17. The minimum absolute atomic E-state index is 1.20. The molecule has 276 valence electrons. The second-order valence-corrected chi connectivity index (χ2v) is 16.4. The quantitative estimate of drug-likeness (QED) is 0.153. The van der Waals surface area contributed by atoms with E-state index in [0.29, 0.717) is 0 Å². The molecule has 0 spiro atoms. The lowest BCUT2D eigenvalue weighted by Crippen LogP contribution is -1.91. The number of hydrogen-bond donors (Lipinski definition) is 0. The van der Waals surface area contributed by atoms with E-state index in [1.165, 1.54) is 131 Å². The number of rotatable bonds is 5. The van der Waals surface area contributed by atoms with Crippen molar-refractivity contribution in [2.45, 2.75) is 0 Å². The molecule has 0 bridgehead atoms. The first-order chi connectivity index (χ1) is 29.7. The summed E-state index contributed by atoms with van der Waals surface area (Å²) < 4.78 is 0. The van der Waals surface area contributed by atoms with Crippen LogP contribution in [0.15, 0.2) is 218 Å². The van der Waals surface area contributed by atoms with Crippen LogP contribution in [-0.2, 0) is 0 Å². The van der Waals surface area contributed by atoms with Crippen LogP contribution in [0, 0.1) is 0 Å². The Morgan fingerprint density at radius 2 is 0.533 bits per heavy atom. The highest BCUT2D eigenvalue weighted by Crippen LogP contribution is 2.44. The summed E-state index contributed by atoms with van der Waals surface area (Å²) in [5.74, 6) is 0. The Balaban J connectivity index is 0.968. The van der Waals surface area contributed by atoms with Crippen LogP contribution in [0.2, 0.25) is 0 Å². The van der Waals surface area contributed by atoms with E-state index in [1.807, 2.05) is 0 Å². The molecule has 0 saturated heterocycles. The van der Waals surface area contributed by atoms with Gasteiger partial charge in [0.2, 0.25) is 0 Å². The van der Waals surface area contributed by atoms with Crippen LogP contribution in [-0.4, -0.2) is 0 Å². The standard InChI is InChI=1S/C60H36/c1-2-8-44-33-50(22-17-37(44)7-1)56-36-46(45-13-5-14-47(34-45)51-28-23-42-20-18-38-9-3-11-40-25-31-54(51)59(42)57(38)40)27-30-53(56)49-16-6-15-48(35-49)52-29-24-43-21-19-39-10-4-12-41-26-32-55(52)60(43)58(39)41/h1-36H. The van der Waals surface area contributed by atoms with Crippen LogP contribution in [0.1, 0.15) is 0 Å². The third-order valence-corrected chi connectivity index (χ3v) is 13.1. The molecule has 0 aliphatic carbocycles. The molecule has 13 rings (SSSR count). The molecule has 13 aromatic rings. The Bertz CT molecular complexity index is 3800. The predicted octanol–water partition coefficient (Wildman–Crippen LogP) is 17.0. The summed E-state index contributed by atoms with van der Waals surface area (Å²) in [6.07, 6.45) is 0. The maximum Gasteiger partial charge on any atom is -0.00206 e. The SMILES string of the molecule is c1cc(-c2ccc(-c3cccc(-c4ccc5ccc6cccc7ccc4c5c67)c3)c(-c3ccc4ccccc4c3)c2)cc(-c2ccc3ccc4cccc5ccc2c3c45)c1. The molecule has 0 heterocycles. The van der Waals surface area contributed by atoms with E-state index in [-0.39, 0.29) is 0 Å². The molecule has 0 atom stereocenters. The molecule has 0 nitrogen and oxygen atoms in total. The van der Waals surface area contributed by atoms with E-state index in [9.17, 15) is 0 Å². The molecule has 0 radical (unpaired) electrons. The zero-order chi connectivity index (χ0) is 39.3. The molecule has 0 N–H and O–H groups in total. The van der Waals surface area contributed by atoms with Crippen LogP contribution >= 0.6 is 0 Å². The zero-order valence-corrected chi connectivity index (χ0v) is 32.8. The number of fused-ring (bicyclic) bond motifs is 1. The Morgan fingerprint density at radius 3 is 1.13 bits per heavy atom. The summed E-state index contributed by atoms with van der Waals surface area (Å²) in [7, 11) is 0. The average Bonchev–Trinajstić information content (AvgIpc) is 3.32. The van der Waals surface area contributed by atoms with E-state index in [2.05, 4.69) is 218 Å². The molecule has 0 aliphatic heterocycles. The largest absolute Gasteiger partial charge is 0.0616 e. The van der Waals surface area contributed by atoms with Crippen molar-refractivity contribution in [1.82, 2.24) is 0 Å². The van der Waals surface area contributed by atoms with Gasteiger partial charge < -0.3 is 0 Å². The van der Waals surface area contributed by atoms with Gasteiger partial charge in [-0.1, -0.05) is 194 Å². The Morgan fingerprint density at radius 1 is 0.167 bits per heavy atom. The lowest BCUT2D eigenvalue weighted by atomic mass is 9.87. The second kappa shape index (κ2) is 12.9. The van der Waals surface area contributed by atoms with Crippen molar-refractivity contribution in [3.05, 3.63) is 218 Å². The molecule has 0 fully saturated rings. The smallest absolute Gasteiger partial charge is 0.00206 e. The number of benzene rings is 13. The fraction of sp³-hybridized carbons (Fsp3) is 0. The van der Waals surface area contributed by atoms with Crippen LogP contribution < -0.4 is 0 Å². The first kappa shape index (κ1) is 33.2. The maximum atomic E-state index is 2.41. The summed E-state index contributed by atoms with van der Waals surface area (Å²) in [5, 5.41) is 18.2. The van der Waals surface area contributed by atoms with Gasteiger partial charge in [0.15, 0.2) is 0 Å². The topological polar surface area (TPSA) is 0 Å². The third-order valence-electron chi connectivity index (χ3n) is 13.1. The summed E-state index contributed by atoms with van der Waals surface area (Å²) in [5.41, 5.74) is 12.2. The van der Waals surface area contributed by atoms with Gasteiger partial charge in [-0.15, -0.1) is 0 Å². The number of hydrogen-bond acceptors (Lipinski definition) is 0. The van der Waals surface area contributed by atoms with E-state index in [1.54, 1.807) is 0 Å². The second-order valence-electron chi connectivity index (χ2n) is 16.4. The first-order valence-corrected chi connectivity index (χ1v) is 20.9. The summed E-state index contributed by atoms with van der Waals surface area (Å²) in [6, 6.07) is 81.6. The summed E-state index contributed by atoms with van der Waals surface area (Å²) >= 11 is 0. The molecule has 0 aliphatic rings. The molecule has 60 heavy (non-hydrogen) atoms. The molecule has 0 aromatic heterocycles. The van der Waals surface area contributed by atoms with Crippen molar-refractivity contribution in [3.63, 3.8) is 0 Å². The van der Waals surface area contributed by atoms with Gasteiger partial charge in [-0.25, -0.2) is 0 Å². The van der Waals surface area contributed by atoms with Gasteiger partial charge in [0.25, 0.3) is 0 Å². The van der Waals surface area contributed by atoms with Crippen LogP contribution in [0.5, 0.6) is 0 Å². The van der Waals surface area contributed by atoms with Gasteiger partial charge in [0.1, 0.15) is 0 Å². The van der Waals surface area contributed by atoms with Gasteiger partial charge in [-0.2, -0.15) is 0 Å². The monoisotopic (exact) mass is 756 g/mol. The highest BCUT2D eigenvalue weighted by molar-refractivity contribution is 6.26. The molecular weight excluding hydrogens is 721 g/mol. The average molecular weight is 757 g/mol. The van der Waals surface area contributed by atoms with Gasteiger partial charge in [0, 0.05) is 0 Å². The Kier molecular flexibility index (Phi) is 7.11. The lowest BCUT2D eigenvalue weighted by molar-refractivity contribution is 1.56. The summed E-state index contributed by atoms with van der Waals surface area (Å²) in [4.78, 5) is 0. The van der Waals surface area contributed by atoms with Crippen LogP contribution in [0.25, 0.3) is 131 Å². The minimum Gasteiger partial charge on any atom is -0.0616 e. The van der Waals surface area contributed by atoms with E-state index in [0.717, 1.165) is 0 Å². The maximum absolute atomic E-state index is 2.41. The van der Waals surface area contributed by atoms with Crippen molar-refractivity contribution >= 4 is 75.4 Å². The summed E-state index contributed by atoms with van der Waals surface area (Å²) in [6.45, 7) is 0. The fourth-order valence-electron chi connectivity index (χ4n) is 10.3. The van der Waals surface area contributed by atoms with Crippen molar-refractivity contribution in [2.24, 2.45) is 0 Å². The first-order valence-electron chi connectivity index (χ1n) is 20.9. The van der Waals surface area contributed by atoms with Crippen LogP contribution in [0.4, 0.5) is 0 Å². The Labute approximate surface area is 347 Å². The zero-order valence-electron chi connectivity index (χ0n) is 32.8. The van der Waals surface area contributed by atoms with Crippen molar-refractivity contribution in [3.8, 4) is 55.6 Å². The Hall–Kier alpha value is -7.80. The molecule has 0 unspecified atom stereocenters. The molecule has 13 aromatic carbocycles. The molecule has 0 amide bonds. The van der Waals surface area contributed by atoms with E-state index >= 15 is 0 Å². The fourth-order valence-corrected chi connectivity index (χ4v) is 10.3. The normalized spacial score (nSPS) is 12.0. The molecule has 0 saturated carbocycles. The predicted molar refractivity (Wildman–Crippen MR) is 259 cm³/mol. The van der Waals surface area contributed by atoms with Crippen molar-refractivity contribution < 1.29 is 0 Å². The third kappa shape index (κ3) is 5.04. The van der Waals surface area contributed by atoms with E-state index in [4.69, 9.17) is 0 Å². The highest BCUT2D eigenvalue weighted by Gasteiger charge is 2.17.